The Morgan fingerprint density at radius 3 is 2.59 bits per heavy atom. The molecule has 1 aromatic rings. The fraction of sp³-hybridized carbons (Fsp3) is 0.222. The molecule has 6 nitrogen and oxygen atoms in total. The van der Waals surface area contributed by atoms with E-state index in [0.29, 0.717) is 0 Å². The van der Waals surface area contributed by atoms with Gasteiger partial charge in [-0.3, -0.25) is 4.79 Å². The van der Waals surface area contributed by atoms with Crippen LogP contribution in [0.3, 0.4) is 0 Å². The van der Waals surface area contributed by atoms with Crippen molar-refractivity contribution in [3.63, 3.8) is 0 Å². The molecule has 0 aromatic heterocycles. The zero-order valence-electron chi connectivity index (χ0n) is 9.00. The molecular weight excluding hydrogens is 268 g/mol. The Morgan fingerprint density at radius 2 is 2.06 bits per heavy atom. The van der Waals surface area contributed by atoms with Crippen molar-refractivity contribution in [3.05, 3.63) is 23.8 Å². The largest absolute Gasteiger partial charge is 0.480 e. The van der Waals surface area contributed by atoms with Gasteiger partial charge in [-0.15, -0.1) is 12.4 Å². The minimum Gasteiger partial charge on any atom is -0.480 e. The highest BCUT2D eigenvalue weighted by Gasteiger charge is 2.18. The molecule has 0 aliphatic carbocycles. The number of nitrogens with one attached hydrogen (secondary N) is 1. The number of sulfonamides is 1. The summed E-state index contributed by atoms with van der Waals surface area (Å²) in [5.41, 5.74) is 6.33. The SMILES string of the molecule is Cc1ccc(N)c(S(=O)(=O)NCC(=O)O)c1.Cl. The van der Waals surface area contributed by atoms with Crippen LogP contribution in [0.1, 0.15) is 5.56 Å². The van der Waals surface area contributed by atoms with Crippen molar-refractivity contribution < 1.29 is 18.3 Å². The quantitative estimate of drug-likeness (QED) is 0.690. The van der Waals surface area contributed by atoms with Crippen LogP contribution in [-0.4, -0.2) is 26.0 Å². The zero-order chi connectivity index (χ0) is 12.3. The van der Waals surface area contributed by atoms with Crippen molar-refractivity contribution >= 4 is 34.1 Å². The van der Waals surface area contributed by atoms with Crippen LogP contribution in [0.5, 0.6) is 0 Å². The third-order valence-corrected chi connectivity index (χ3v) is 3.33. The van der Waals surface area contributed by atoms with Gasteiger partial charge in [-0.05, 0) is 24.6 Å². The second kappa shape index (κ2) is 5.85. The molecule has 0 fully saturated rings. The maximum atomic E-state index is 11.7. The third-order valence-electron chi connectivity index (χ3n) is 1.87. The van der Waals surface area contributed by atoms with Gasteiger partial charge in [0.15, 0.2) is 0 Å². The van der Waals surface area contributed by atoms with Crippen LogP contribution in [0.25, 0.3) is 0 Å². The number of rotatable bonds is 4. The number of aliphatic carboxylic acids is 1. The molecule has 0 bridgehead atoms. The number of aryl methyl sites for hydroxylation is 1. The lowest BCUT2D eigenvalue weighted by molar-refractivity contribution is -0.135. The molecule has 8 heteroatoms. The van der Waals surface area contributed by atoms with E-state index in [2.05, 4.69) is 0 Å². The molecule has 0 spiro atoms. The summed E-state index contributed by atoms with van der Waals surface area (Å²) >= 11 is 0. The van der Waals surface area contributed by atoms with E-state index < -0.39 is 22.5 Å². The molecule has 0 unspecified atom stereocenters. The van der Waals surface area contributed by atoms with E-state index >= 15 is 0 Å². The lowest BCUT2D eigenvalue weighted by atomic mass is 10.2. The first-order chi connectivity index (χ1) is 7.33. The number of anilines is 1. The summed E-state index contributed by atoms with van der Waals surface area (Å²) in [7, 11) is -3.86. The van der Waals surface area contributed by atoms with Gasteiger partial charge in [0.25, 0.3) is 0 Å². The molecule has 0 saturated carbocycles. The minimum absolute atomic E-state index is 0. The van der Waals surface area contributed by atoms with Gasteiger partial charge in [0.1, 0.15) is 11.4 Å². The molecule has 0 amide bonds. The fourth-order valence-electron chi connectivity index (χ4n) is 1.11. The van der Waals surface area contributed by atoms with Gasteiger partial charge in [-0.25, -0.2) is 8.42 Å². The summed E-state index contributed by atoms with van der Waals surface area (Å²) in [6, 6.07) is 4.52. The molecule has 4 N–H and O–H groups in total. The Hall–Kier alpha value is -1.31. The number of benzene rings is 1. The van der Waals surface area contributed by atoms with Crippen LogP contribution in [0.2, 0.25) is 0 Å². The second-order valence-corrected chi connectivity index (χ2v) is 4.99. The minimum atomic E-state index is -3.86. The number of carboxylic acid groups (broad SMARTS) is 1. The van der Waals surface area contributed by atoms with Crippen molar-refractivity contribution in [2.45, 2.75) is 11.8 Å². The van der Waals surface area contributed by atoms with Crippen molar-refractivity contribution in [1.82, 2.24) is 4.72 Å². The van der Waals surface area contributed by atoms with Gasteiger partial charge < -0.3 is 10.8 Å². The summed E-state index contributed by atoms with van der Waals surface area (Å²) in [5.74, 6) is -1.25. The molecule has 0 heterocycles. The third kappa shape index (κ3) is 4.22. The highest BCUT2D eigenvalue weighted by molar-refractivity contribution is 7.89. The molecular formula is C9H13ClN2O4S. The van der Waals surface area contributed by atoms with Crippen LogP contribution >= 0.6 is 12.4 Å². The molecule has 1 rings (SSSR count). The molecule has 0 radical (unpaired) electrons. The molecule has 0 aliphatic heterocycles. The average Bonchev–Trinajstić information content (AvgIpc) is 2.19. The Bertz CT molecular complexity index is 516. The van der Waals surface area contributed by atoms with E-state index in [4.69, 9.17) is 10.8 Å². The summed E-state index contributed by atoms with van der Waals surface area (Å²) in [5, 5.41) is 8.39. The van der Waals surface area contributed by atoms with Crippen LogP contribution in [0.15, 0.2) is 23.1 Å². The topological polar surface area (TPSA) is 109 Å². The number of nitrogen functional groups attached to an aromatic ring is 1. The zero-order valence-corrected chi connectivity index (χ0v) is 10.6. The molecule has 0 saturated heterocycles. The first-order valence-electron chi connectivity index (χ1n) is 4.40. The fourth-order valence-corrected chi connectivity index (χ4v) is 2.30. The number of nitrogens with two attached hydrogens (primary N) is 1. The van der Waals surface area contributed by atoms with Crippen LogP contribution < -0.4 is 10.5 Å². The molecule has 17 heavy (non-hydrogen) atoms. The van der Waals surface area contributed by atoms with Crippen LogP contribution in [0, 0.1) is 6.92 Å². The Kier molecular flexibility index (Phi) is 5.40. The van der Waals surface area contributed by atoms with E-state index in [1.807, 2.05) is 4.72 Å². The van der Waals surface area contributed by atoms with Gasteiger partial charge in [0, 0.05) is 0 Å². The summed E-state index contributed by atoms with van der Waals surface area (Å²) in [6.45, 7) is 1.05. The van der Waals surface area contributed by atoms with Gasteiger partial charge in [-0.2, -0.15) is 4.72 Å². The number of halogens is 1. The van der Waals surface area contributed by atoms with Crippen molar-refractivity contribution in [3.8, 4) is 0 Å². The van der Waals surface area contributed by atoms with Gasteiger partial charge in [0.05, 0.1) is 5.69 Å². The monoisotopic (exact) mass is 280 g/mol. The van der Waals surface area contributed by atoms with Crippen LogP contribution in [-0.2, 0) is 14.8 Å². The molecule has 96 valence electrons. The predicted molar refractivity (Wildman–Crippen MR) is 65.7 cm³/mol. The predicted octanol–water partition coefficient (Wildman–Crippen LogP) is 0.362. The molecule has 0 atom stereocenters. The van der Waals surface area contributed by atoms with E-state index in [1.54, 1.807) is 13.0 Å². The van der Waals surface area contributed by atoms with Gasteiger partial charge >= 0.3 is 5.97 Å². The number of carbonyl (C=O) groups is 1. The second-order valence-electron chi connectivity index (χ2n) is 3.26. The Morgan fingerprint density at radius 1 is 1.47 bits per heavy atom. The average molecular weight is 281 g/mol. The van der Waals surface area contributed by atoms with Gasteiger partial charge in [0.2, 0.25) is 10.0 Å². The maximum Gasteiger partial charge on any atom is 0.318 e. The van der Waals surface area contributed by atoms with E-state index in [9.17, 15) is 13.2 Å². The summed E-state index contributed by atoms with van der Waals surface area (Å²) < 4.78 is 25.2. The molecule has 0 aliphatic rings. The lowest BCUT2D eigenvalue weighted by Gasteiger charge is -2.08. The lowest BCUT2D eigenvalue weighted by Crippen LogP contribution is -2.30. The number of hydrogen-bond donors (Lipinski definition) is 3. The number of hydrogen-bond acceptors (Lipinski definition) is 4. The first-order valence-corrected chi connectivity index (χ1v) is 5.89. The summed E-state index contributed by atoms with van der Waals surface area (Å²) in [6.07, 6.45) is 0. The normalized spacial score (nSPS) is 10.6. The number of carboxylic acids is 1. The standard InChI is InChI=1S/C9H12N2O4S.ClH/c1-6-2-3-7(10)8(4-6)16(14,15)11-5-9(12)13;/h2-4,11H,5,10H2,1H3,(H,12,13);1H. The van der Waals surface area contributed by atoms with Gasteiger partial charge in [-0.1, -0.05) is 6.07 Å². The maximum absolute atomic E-state index is 11.7. The van der Waals surface area contributed by atoms with Crippen molar-refractivity contribution in [2.75, 3.05) is 12.3 Å². The highest BCUT2D eigenvalue weighted by Crippen LogP contribution is 2.18. The molecule has 1 aromatic carbocycles. The van der Waals surface area contributed by atoms with E-state index in [0.717, 1.165) is 5.56 Å². The van der Waals surface area contributed by atoms with E-state index in [1.165, 1.54) is 12.1 Å². The van der Waals surface area contributed by atoms with Crippen molar-refractivity contribution in [1.29, 1.82) is 0 Å². The van der Waals surface area contributed by atoms with Crippen LogP contribution in [0.4, 0.5) is 5.69 Å². The summed E-state index contributed by atoms with van der Waals surface area (Å²) in [4.78, 5) is 10.2. The smallest absolute Gasteiger partial charge is 0.318 e. The van der Waals surface area contributed by atoms with Crippen molar-refractivity contribution in [2.24, 2.45) is 0 Å². The van der Waals surface area contributed by atoms with E-state index in [-0.39, 0.29) is 23.0 Å². The first kappa shape index (κ1) is 15.7. The Labute approximate surface area is 105 Å². The Balaban J connectivity index is 0.00000256. The highest BCUT2D eigenvalue weighted by atomic mass is 35.5.